The van der Waals surface area contributed by atoms with Gasteiger partial charge in [0.15, 0.2) is 5.76 Å². The van der Waals surface area contributed by atoms with Gasteiger partial charge >= 0.3 is 0 Å². The van der Waals surface area contributed by atoms with Crippen molar-refractivity contribution in [3.05, 3.63) is 83.1 Å². The van der Waals surface area contributed by atoms with E-state index in [1.54, 1.807) is 6.26 Å². The first-order valence-corrected chi connectivity index (χ1v) is 10.2. The molecule has 136 valence electrons. The van der Waals surface area contributed by atoms with Gasteiger partial charge in [-0.25, -0.2) is 0 Å². The van der Waals surface area contributed by atoms with Gasteiger partial charge in [0.25, 0.3) is 5.12 Å². The highest BCUT2D eigenvalue weighted by molar-refractivity contribution is 8.13. The highest BCUT2D eigenvalue weighted by Gasteiger charge is 2.29. The van der Waals surface area contributed by atoms with Crippen molar-refractivity contribution in [2.24, 2.45) is 0 Å². The van der Waals surface area contributed by atoms with Crippen LogP contribution in [0.4, 0.5) is 0 Å². The Morgan fingerprint density at radius 1 is 1.00 bits per heavy atom. The maximum atomic E-state index is 12.3. The maximum absolute atomic E-state index is 12.3. The molecule has 3 rings (SSSR count). The smallest absolute Gasteiger partial charge is 0.253 e. The molecule has 0 N–H and O–H groups in total. The number of ether oxygens (including phenoxy) is 1. The lowest BCUT2D eigenvalue weighted by Crippen LogP contribution is -2.18. The summed E-state index contributed by atoms with van der Waals surface area (Å²) in [6.07, 6.45) is 4.51. The Labute approximate surface area is 160 Å². The highest BCUT2D eigenvalue weighted by Crippen LogP contribution is 2.39. The molecular formula is C23H26O2S. The van der Waals surface area contributed by atoms with Crippen LogP contribution in [0.3, 0.4) is 0 Å². The van der Waals surface area contributed by atoms with Crippen molar-refractivity contribution in [2.75, 3.05) is 6.26 Å². The number of carbonyl (C=O) groups is 1. The van der Waals surface area contributed by atoms with Crippen molar-refractivity contribution >= 4 is 16.9 Å². The van der Waals surface area contributed by atoms with Gasteiger partial charge in [0, 0.05) is 5.92 Å². The molecule has 2 aromatic rings. The Bertz CT molecular complexity index is 785. The predicted molar refractivity (Wildman–Crippen MR) is 109 cm³/mol. The van der Waals surface area contributed by atoms with E-state index >= 15 is 0 Å². The Morgan fingerprint density at radius 2 is 1.65 bits per heavy atom. The quantitative estimate of drug-likeness (QED) is 0.666. The SMILES string of the molecule is CSC(=O)C1=C[C@@H](c2ccccc2)C[C@H](c2ccc(C(C)(C)C)cc2)O1. The van der Waals surface area contributed by atoms with Crippen LogP contribution in [0.1, 0.15) is 55.9 Å². The van der Waals surface area contributed by atoms with Crippen molar-refractivity contribution in [3.63, 3.8) is 0 Å². The van der Waals surface area contributed by atoms with Gasteiger partial charge in [-0.3, -0.25) is 4.79 Å². The van der Waals surface area contributed by atoms with E-state index in [1.165, 1.54) is 22.9 Å². The van der Waals surface area contributed by atoms with Gasteiger partial charge in [-0.15, -0.1) is 0 Å². The Balaban J connectivity index is 1.91. The van der Waals surface area contributed by atoms with Gasteiger partial charge in [0.2, 0.25) is 0 Å². The molecule has 26 heavy (non-hydrogen) atoms. The summed E-state index contributed by atoms with van der Waals surface area (Å²) in [6, 6.07) is 19.0. The van der Waals surface area contributed by atoms with Crippen LogP contribution in [0.25, 0.3) is 0 Å². The molecule has 0 saturated carbocycles. The molecule has 1 aliphatic rings. The first-order chi connectivity index (χ1) is 12.4. The number of thioether (sulfide) groups is 1. The third-order valence-electron chi connectivity index (χ3n) is 4.85. The Kier molecular flexibility index (Phi) is 5.57. The molecule has 0 spiro atoms. The van der Waals surface area contributed by atoms with Crippen LogP contribution in [0.15, 0.2) is 66.4 Å². The van der Waals surface area contributed by atoms with Crippen LogP contribution in [0.5, 0.6) is 0 Å². The number of benzene rings is 2. The third kappa shape index (κ3) is 4.21. The minimum Gasteiger partial charge on any atom is -0.481 e. The van der Waals surface area contributed by atoms with E-state index in [0.29, 0.717) is 5.76 Å². The van der Waals surface area contributed by atoms with Crippen LogP contribution in [-0.4, -0.2) is 11.4 Å². The fraction of sp³-hybridized carbons (Fsp3) is 0.348. The fourth-order valence-corrected chi connectivity index (χ4v) is 3.59. The van der Waals surface area contributed by atoms with E-state index in [-0.39, 0.29) is 22.6 Å². The van der Waals surface area contributed by atoms with Crippen molar-refractivity contribution < 1.29 is 9.53 Å². The number of allylic oxidation sites excluding steroid dienone is 1. The molecule has 1 heterocycles. The van der Waals surface area contributed by atoms with Crippen LogP contribution < -0.4 is 0 Å². The summed E-state index contributed by atoms with van der Waals surface area (Å²) >= 11 is 1.20. The molecule has 0 bridgehead atoms. The molecule has 0 aromatic heterocycles. The second-order valence-corrected chi connectivity index (χ2v) is 8.53. The fourth-order valence-electron chi connectivity index (χ4n) is 3.27. The molecule has 0 unspecified atom stereocenters. The molecule has 2 atom stereocenters. The Morgan fingerprint density at radius 3 is 2.23 bits per heavy atom. The van der Waals surface area contributed by atoms with E-state index in [2.05, 4.69) is 57.2 Å². The lowest BCUT2D eigenvalue weighted by atomic mass is 9.84. The number of hydrogen-bond donors (Lipinski definition) is 0. The normalized spacial score (nSPS) is 20.2. The molecule has 2 aromatic carbocycles. The summed E-state index contributed by atoms with van der Waals surface area (Å²) in [4.78, 5) is 12.3. The van der Waals surface area contributed by atoms with Gasteiger partial charge in [0.1, 0.15) is 6.10 Å². The van der Waals surface area contributed by atoms with E-state index in [0.717, 1.165) is 12.0 Å². The van der Waals surface area contributed by atoms with E-state index in [1.807, 2.05) is 24.3 Å². The molecule has 0 saturated heterocycles. The number of rotatable bonds is 3. The van der Waals surface area contributed by atoms with Crippen LogP contribution in [0.2, 0.25) is 0 Å². The van der Waals surface area contributed by atoms with E-state index in [4.69, 9.17) is 4.74 Å². The first-order valence-electron chi connectivity index (χ1n) is 9.00. The third-order valence-corrected chi connectivity index (χ3v) is 5.42. The summed E-state index contributed by atoms with van der Waals surface area (Å²) in [5.41, 5.74) is 3.77. The molecule has 1 aliphatic heterocycles. The maximum Gasteiger partial charge on any atom is 0.253 e. The zero-order valence-electron chi connectivity index (χ0n) is 15.9. The summed E-state index contributed by atoms with van der Waals surface area (Å²) in [7, 11) is 0. The minimum atomic E-state index is -0.106. The van der Waals surface area contributed by atoms with Gasteiger partial charge in [-0.05, 0) is 40.9 Å². The monoisotopic (exact) mass is 366 g/mol. The average Bonchev–Trinajstić information content (AvgIpc) is 2.67. The first kappa shape index (κ1) is 18.8. The van der Waals surface area contributed by atoms with Crippen LogP contribution in [0, 0.1) is 0 Å². The second-order valence-electron chi connectivity index (χ2n) is 7.75. The highest BCUT2D eigenvalue weighted by atomic mass is 32.2. The summed E-state index contributed by atoms with van der Waals surface area (Å²) in [6.45, 7) is 6.63. The van der Waals surface area contributed by atoms with E-state index in [9.17, 15) is 4.79 Å². The molecule has 0 radical (unpaired) electrons. The molecule has 3 heteroatoms. The summed E-state index contributed by atoms with van der Waals surface area (Å²) in [5.74, 6) is 0.658. The van der Waals surface area contributed by atoms with Crippen molar-refractivity contribution in [3.8, 4) is 0 Å². The topological polar surface area (TPSA) is 26.3 Å². The largest absolute Gasteiger partial charge is 0.481 e. The molecule has 0 aliphatic carbocycles. The molecule has 0 fully saturated rings. The van der Waals surface area contributed by atoms with Crippen molar-refractivity contribution in [1.29, 1.82) is 0 Å². The van der Waals surface area contributed by atoms with Gasteiger partial charge in [-0.1, -0.05) is 87.1 Å². The minimum absolute atomic E-state index is 0.0121. The van der Waals surface area contributed by atoms with Crippen LogP contribution in [-0.2, 0) is 14.9 Å². The van der Waals surface area contributed by atoms with Crippen molar-refractivity contribution in [1.82, 2.24) is 0 Å². The molecule has 0 amide bonds. The van der Waals surface area contributed by atoms with Gasteiger partial charge < -0.3 is 4.74 Å². The Hall–Kier alpha value is -2.00. The zero-order chi connectivity index (χ0) is 18.7. The van der Waals surface area contributed by atoms with E-state index < -0.39 is 0 Å². The lowest BCUT2D eigenvalue weighted by molar-refractivity contribution is -0.112. The van der Waals surface area contributed by atoms with Crippen molar-refractivity contribution in [2.45, 2.75) is 44.6 Å². The molecule has 2 nitrogen and oxygen atoms in total. The predicted octanol–water partition coefficient (Wildman–Crippen LogP) is 6.00. The van der Waals surface area contributed by atoms with Gasteiger partial charge in [-0.2, -0.15) is 0 Å². The zero-order valence-corrected chi connectivity index (χ0v) is 16.7. The summed E-state index contributed by atoms with van der Waals surface area (Å²) in [5, 5.41) is -0.0121. The lowest BCUT2D eigenvalue weighted by Gasteiger charge is -2.30. The average molecular weight is 367 g/mol. The second kappa shape index (κ2) is 7.71. The number of carbonyl (C=O) groups excluding carboxylic acids is 1. The van der Waals surface area contributed by atoms with Crippen LogP contribution >= 0.6 is 11.8 Å². The summed E-state index contributed by atoms with van der Waals surface area (Å²) < 4.78 is 6.09. The number of hydrogen-bond acceptors (Lipinski definition) is 3. The standard InChI is InChI=1S/C23H26O2S/c1-23(2,3)19-12-10-17(11-13-19)20-14-18(16-8-6-5-7-9-16)15-21(25-20)22(24)26-4/h5-13,15,18,20H,14H2,1-4H3/t18-,20+/m0/s1. The molecular weight excluding hydrogens is 340 g/mol. The van der Waals surface area contributed by atoms with Gasteiger partial charge in [0.05, 0.1) is 0 Å².